The highest BCUT2D eigenvalue weighted by atomic mass is 19.1. The van der Waals surface area contributed by atoms with Crippen LogP contribution in [0.25, 0.3) is 16.7 Å². The summed E-state index contributed by atoms with van der Waals surface area (Å²) in [6, 6.07) is 2.78. The molecule has 0 saturated heterocycles. The number of imidazole rings is 1. The van der Waals surface area contributed by atoms with Crippen molar-refractivity contribution in [3.05, 3.63) is 75.7 Å². The molecule has 1 saturated carbocycles. The molecule has 6 rings (SSSR count). The second kappa shape index (κ2) is 6.65. The van der Waals surface area contributed by atoms with Crippen molar-refractivity contribution in [2.75, 3.05) is 0 Å². The number of hydrogen-bond donors (Lipinski definition) is 0. The van der Waals surface area contributed by atoms with E-state index in [1.165, 1.54) is 30.0 Å². The predicted molar refractivity (Wildman–Crippen MR) is 110 cm³/mol. The SMILES string of the molecule is Cc1c(F)cc(C2=CC3C(C2)C3c2noc(Cn3cnc4ncn(C)c4c3=O)n2)cc1F. The van der Waals surface area contributed by atoms with Crippen molar-refractivity contribution in [2.45, 2.75) is 25.8 Å². The number of benzene rings is 1. The average Bonchev–Trinajstić information content (AvgIpc) is 3.19. The van der Waals surface area contributed by atoms with Gasteiger partial charge in [-0.25, -0.2) is 18.7 Å². The fourth-order valence-electron chi connectivity index (χ4n) is 4.65. The van der Waals surface area contributed by atoms with E-state index in [0.29, 0.717) is 34.9 Å². The molecule has 3 aromatic heterocycles. The van der Waals surface area contributed by atoms with Crippen molar-refractivity contribution in [3.63, 3.8) is 0 Å². The van der Waals surface area contributed by atoms with Gasteiger partial charge in [0.05, 0.1) is 6.33 Å². The first kappa shape index (κ1) is 19.0. The summed E-state index contributed by atoms with van der Waals surface area (Å²) in [5.41, 5.74) is 2.13. The van der Waals surface area contributed by atoms with Gasteiger partial charge in [-0.05, 0) is 48.4 Å². The number of fused-ring (bicyclic) bond motifs is 2. The van der Waals surface area contributed by atoms with Crippen LogP contribution in [0.2, 0.25) is 0 Å². The monoisotopic (exact) mass is 436 g/mol. The van der Waals surface area contributed by atoms with Crippen LogP contribution in [0.15, 0.2) is 40.2 Å². The summed E-state index contributed by atoms with van der Waals surface area (Å²) >= 11 is 0. The predicted octanol–water partition coefficient (Wildman–Crippen LogP) is 2.96. The van der Waals surface area contributed by atoms with E-state index in [-0.39, 0.29) is 35.4 Å². The molecule has 2 aliphatic carbocycles. The molecule has 32 heavy (non-hydrogen) atoms. The standard InChI is InChI=1S/C22H18F2N6O2/c1-10-15(23)5-12(6-16(10)24)11-3-13-14(4-11)18(13)20-27-17(32-28-20)7-30-9-26-21-19(22(30)31)29(2)8-25-21/h3,5-6,8-9,13-14,18H,4,7H2,1-2H3. The van der Waals surface area contributed by atoms with E-state index in [0.717, 1.165) is 5.57 Å². The van der Waals surface area contributed by atoms with Gasteiger partial charge in [-0.2, -0.15) is 4.98 Å². The molecule has 162 valence electrons. The van der Waals surface area contributed by atoms with Gasteiger partial charge < -0.3 is 9.09 Å². The lowest BCUT2D eigenvalue weighted by Crippen LogP contribution is -2.22. The first-order chi connectivity index (χ1) is 15.4. The smallest absolute Gasteiger partial charge is 0.280 e. The molecule has 0 aliphatic heterocycles. The van der Waals surface area contributed by atoms with Crippen LogP contribution in [-0.2, 0) is 13.6 Å². The third kappa shape index (κ3) is 2.82. The zero-order valence-electron chi connectivity index (χ0n) is 17.3. The van der Waals surface area contributed by atoms with Crippen LogP contribution in [-0.4, -0.2) is 29.2 Å². The van der Waals surface area contributed by atoms with Gasteiger partial charge in [-0.3, -0.25) is 9.36 Å². The number of rotatable bonds is 4. The van der Waals surface area contributed by atoms with Gasteiger partial charge in [0.15, 0.2) is 17.0 Å². The zero-order chi connectivity index (χ0) is 22.1. The number of nitrogens with zero attached hydrogens (tertiary/aromatic N) is 6. The summed E-state index contributed by atoms with van der Waals surface area (Å²) in [4.78, 5) is 25.4. The molecule has 0 spiro atoms. The molecule has 2 aliphatic rings. The molecule has 1 aromatic carbocycles. The van der Waals surface area contributed by atoms with E-state index >= 15 is 0 Å². The van der Waals surface area contributed by atoms with Gasteiger partial charge in [0.1, 0.15) is 24.5 Å². The summed E-state index contributed by atoms with van der Waals surface area (Å²) in [5.74, 6) is 0.475. The third-order valence-corrected chi connectivity index (χ3v) is 6.52. The summed E-state index contributed by atoms with van der Waals surface area (Å²) in [6.07, 6.45) is 5.73. The fourth-order valence-corrected chi connectivity index (χ4v) is 4.65. The topological polar surface area (TPSA) is 91.6 Å². The Hall–Kier alpha value is -3.69. The Balaban J connectivity index is 1.20. The van der Waals surface area contributed by atoms with Crippen molar-refractivity contribution in [3.8, 4) is 0 Å². The largest absolute Gasteiger partial charge is 0.337 e. The summed E-state index contributed by atoms with van der Waals surface area (Å²) < 4.78 is 36.2. The van der Waals surface area contributed by atoms with Crippen LogP contribution < -0.4 is 5.56 Å². The van der Waals surface area contributed by atoms with Crippen molar-refractivity contribution in [1.29, 1.82) is 0 Å². The number of hydrogen-bond acceptors (Lipinski definition) is 6. The Morgan fingerprint density at radius 2 is 1.94 bits per heavy atom. The van der Waals surface area contributed by atoms with Crippen LogP contribution in [0.1, 0.15) is 35.2 Å². The van der Waals surface area contributed by atoms with Crippen molar-refractivity contribution in [2.24, 2.45) is 18.9 Å². The Kier molecular flexibility index (Phi) is 3.96. The molecule has 0 N–H and O–H groups in total. The normalized spacial score (nSPS) is 21.8. The van der Waals surface area contributed by atoms with Gasteiger partial charge >= 0.3 is 0 Å². The molecule has 3 heterocycles. The van der Waals surface area contributed by atoms with Gasteiger partial charge in [-0.15, -0.1) is 0 Å². The average molecular weight is 436 g/mol. The first-order valence-corrected chi connectivity index (χ1v) is 10.3. The second-order valence-corrected chi connectivity index (χ2v) is 8.48. The van der Waals surface area contributed by atoms with Gasteiger partial charge in [-0.1, -0.05) is 11.2 Å². The van der Waals surface area contributed by atoms with Crippen molar-refractivity contribution >= 4 is 16.7 Å². The highest BCUT2D eigenvalue weighted by Gasteiger charge is 2.55. The van der Waals surface area contributed by atoms with Crippen LogP contribution in [0.5, 0.6) is 0 Å². The number of halogens is 2. The molecule has 3 unspecified atom stereocenters. The summed E-state index contributed by atoms with van der Waals surface area (Å²) in [6.45, 7) is 1.54. The van der Waals surface area contributed by atoms with E-state index in [2.05, 4.69) is 26.2 Å². The highest BCUT2D eigenvalue weighted by Crippen LogP contribution is 2.62. The molecular formula is C22H18F2N6O2. The third-order valence-electron chi connectivity index (χ3n) is 6.52. The van der Waals surface area contributed by atoms with Crippen LogP contribution >= 0.6 is 0 Å². The highest BCUT2D eigenvalue weighted by molar-refractivity contribution is 5.71. The van der Waals surface area contributed by atoms with Gasteiger partial charge in [0, 0.05) is 18.5 Å². The Morgan fingerprint density at radius 3 is 2.66 bits per heavy atom. The minimum Gasteiger partial charge on any atom is -0.337 e. The second-order valence-electron chi connectivity index (χ2n) is 8.48. The lowest BCUT2D eigenvalue weighted by molar-refractivity contribution is 0.364. The molecule has 3 atom stereocenters. The summed E-state index contributed by atoms with van der Waals surface area (Å²) in [5, 5.41) is 4.11. The maximum atomic E-state index is 13.9. The molecule has 0 radical (unpaired) electrons. The van der Waals surface area contributed by atoms with E-state index in [4.69, 9.17) is 4.52 Å². The molecule has 10 heteroatoms. The number of allylic oxidation sites excluding steroid dienone is 2. The maximum Gasteiger partial charge on any atom is 0.280 e. The first-order valence-electron chi connectivity index (χ1n) is 10.3. The van der Waals surface area contributed by atoms with Crippen molar-refractivity contribution < 1.29 is 13.3 Å². The summed E-state index contributed by atoms with van der Waals surface area (Å²) in [7, 11) is 1.74. The van der Waals surface area contributed by atoms with E-state index < -0.39 is 11.6 Å². The zero-order valence-corrected chi connectivity index (χ0v) is 17.3. The van der Waals surface area contributed by atoms with Crippen LogP contribution in [0.3, 0.4) is 0 Å². The lowest BCUT2D eigenvalue weighted by Gasteiger charge is -2.08. The molecular weight excluding hydrogens is 418 g/mol. The van der Waals surface area contributed by atoms with E-state index in [9.17, 15) is 13.6 Å². The quantitative estimate of drug-likeness (QED) is 0.489. The van der Waals surface area contributed by atoms with E-state index in [1.807, 2.05) is 0 Å². The molecule has 4 aromatic rings. The molecule has 0 bridgehead atoms. The number of aryl methyl sites for hydroxylation is 1. The van der Waals surface area contributed by atoms with Crippen LogP contribution in [0.4, 0.5) is 8.78 Å². The minimum absolute atomic E-state index is 0.0339. The number of aromatic nitrogens is 6. The van der Waals surface area contributed by atoms with E-state index in [1.54, 1.807) is 17.9 Å². The molecule has 8 nitrogen and oxygen atoms in total. The Bertz CT molecular complexity index is 1460. The van der Waals surface area contributed by atoms with Gasteiger partial charge in [0.25, 0.3) is 5.56 Å². The lowest BCUT2D eigenvalue weighted by atomic mass is 9.99. The molecule has 0 amide bonds. The van der Waals surface area contributed by atoms with Crippen molar-refractivity contribution in [1.82, 2.24) is 29.2 Å². The Labute approximate surface area is 180 Å². The van der Waals surface area contributed by atoms with Crippen LogP contribution in [0, 0.1) is 30.4 Å². The van der Waals surface area contributed by atoms with Gasteiger partial charge in [0.2, 0.25) is 5.89 Å². The molecule has 1 fully saturated rings. The Morgan fingerprint density at radius 1 is 1.19 bits per heavy atom. The maximum absolute atomic E-state index is 13.9. The fraction of sp³-hybridized carbons (Fsp3) is 0.318. The minimum atomic E-state index is -0.533.